The maximum atomic E-state index is 12.6. The van der Waals surface area contributed by atoms with Crippen molar-refractivity contribution in [3.8, 4) is 0 Å². The topological polar surface area (TPSA) is 101 Å². The van der Waals surface area contributed by atoms with Gasteiger partial charge in [-0.1, -0.05) is 22.0 Å². The zero-order valence-corrected chi connectivity index (χ0v) is 18.1. The Labute approximate surface area is 181 Å². The highest BCUT2D eigenvalue weighted by Gasteiger charge is 2.15. The summed E-state index contributed by atoms with van der Waals surface area (Å²) in [5, 5.41) is 2.78. The lowest BCUT2D eigenvalue weighted by Crippen LogP contribution is -2.15. The highest BCUT2D eigenvalue weighted by atomic mass is 79.9. The first-order chi connectivity index (χ1) is 14.3. The predicted molar refractivity (Wildman–Crippen MR) is 118 cm³/mol. The van der Waals surface area contributed by atoms with Crippen molar-refractivity contribution in [2.75, 3.05) is 10.0 Å². The standard InChI is InChI=1S/C21H16BrN3O4S/c1-13-23-19-12-16(7-10-20(19)29-13)24-21(26)14-3-2-4-17(11-14)25-30(27,28)18-8-5-15(22)6-9-18/h2-12,25H,1H3,(H,24,26). The van der Waals surface area contributed by atoms with Crippen molar-refractivity contribution in [1.82, 2.24) is 4.98 Å². The average Bonchev–Trinajstić information content (AvgIpc) is 3.07. The molecular weight excluding hydrogens is 470 g/mol. The average molecular weight is 486 g/mol. The molecule has 0 fully saturated rings. The van der Waals surface area contributed by atoms with Gasteiger partial charge < -0.3 is 9.73 Å². The van der Waals surface area contributed by atoms with Crippen molar-refractivity contribution in [2.24, 2.45) is 0 Å². The van der Waals surface area contributed by atoms with Gasteiger partial charge in [-0.25, -0.2) is 13.4 Å². The number of hydrogen-bond donors (Lipinski definition) is 2. The zero-order valence-electron chi connectivity index (χ0n) is 15.7. The van der Waals surface area contributed by atoms with Gasteiger partial charge in [0, 0.05) is 28.3 Å². The Morgan fingerprint density at radius 2 is 1.77 bits per heavy atom. The lowest BCUT2D eigenvalue weighted by Gasteiger charge is -2.10. The number of nitrogens with one attached hydrogen (secondary N) is 2. The molecule has 0 saturated carbocycles. The van der Waals surface area contributed by atoms with Crippen molar-refractivity contribution in [3.05, 3.63) is 82.7 Å². The van der Waals surface area contributed by atoms with E-state index in [1.807, 2.05) is 0 Å². The SMILES string of the molecule is Cc1nc2cc(NC(=O)c3cccc(NS(=O)(=O)c4ccc(Br)cc4)c3)ccc2o1. The number of halogens is 1. The summed E-state index contributed by atoms with van der Waals surface area (Å²) in [5.74, 6) is 0.165. The quantitative estimate of drug-likeness (QED) is 0.416. The van der Waals surface area contributed by atoms with Gasteiger partial charge in [-0.2, -0.15) is 0 Å². The van der Waals surface area contributed by atoms with Gasteiger partial charge in [-0.15, -0.1) is 0 Å². The minimum Gasteiger partial charge on any atom is -0.441 e. The summed E-state index contributed by atoms with van der Waals surface area (Å²) in [4.78, 5) is 17.0. The van der Waals surface area contributed by atoms with Gasteiger partial charge in [0.25, 0.3) is 15.9 Å². The zero-order chi connectivity index (χ0) is 21.3. The van der Waals surface area contributed by atoms with Crippen molar-refractivity contribution < 1.29 is 17.6 Å². The van der Waals surface area contributed by atoms with E-state index in [-0.39, 0.29) is 16.5 Å². The summed E-state index contributed by atoms with van der Waals surface area (Å²) in [7, 11) is -3.77. The van der Waals surface area contributed by atoms with Gasteiger partial charge in [0.2, 0.25) is 0 Å². The minimum atomic E-state index is -3.77. The van der Waals surface area contributed by atoms with Crippen LogP contribution in [-0.2, 0) is 10.0 Å². The molecule has 30 heavy (non-hydrogen) atoms. The third kappa shape index (κ3) is 4.37. The van der Waals surface area contributed by atoms with Crippen LogP contribution in [0.1, 0.15) is 16.2 Å². The Kier molecular flexibility index (Phi) is 5.31. The molecule has 0 aliphatic rings. The summed E-state index contributed by atoms with van der Waals surface area (Å²) < 4.78 is 33.8. The molecule has 9 heteroatoms. The molecule has 0 atom stereocenters. The number of oxazole rings is 1. The number of aryl methyl sites for hydroxylation is 1. The van der Waals surface area contributed by atoms with Crippen molar-refractivity contribution >= 4 is 54.3 Å². The molecule has 4 rings (SSSR count). The number of benzene rings is 3. The summed E-state index contributed by atoms with van der Waals surface area (Å²) in [6.45, 7) is 1.75. The van der Waals surface area contributed by atoms with E-state index in [2.05, 4.69) is 31.0 Å². The summed E-state index contributed by atoms with van der Waals surface area (Å²) >= 11 is 3.28. The van der Waals surface area contributed by atoms with Crippen LogP contribution in [0.15, 0.2) is 80.5 Å². The predicted octanol–water partition coefficient (Wildman–Crippen LogP) is 4.95. The van der Waals surface area contributed by atoms with Gasteiger partial charge in [0.1, 0.15) is 5.52 Å². The Morgan fingerprint density at radius 1 is 1.00 bits per heavy atom. The van der Waals surface area contributed by atoms with E-state index < -0.39 is 10.0 Å². The van der Waals surface area contributed by atoms with Crippen LogP contribution in [-0.4, -0.2) is 19.3 Å². The van der Waals surface area contributed by atoms with E-state index in [0.717, 1.165) is 4.47 Å². The fourth-order valence-corrected chi connectivity index (χ4v) is 4.19. The van der Waals surface area contributed by atoms with Crippen LogP contribution in [0.25, 0.3) is 11.1 Å². The summed E-state index contributed by atoms with van der Waals surface area (Å²) in [6.07, 6.45) is 0. The summed E-state index contributed by atoms with van der Waals surface area (Å²) in [6, 6.07) is 17.7. The second kappa shape index (κ2) is 7.92. The Bertz CT molecular complexity index is 1350. The number of amides is 1. The highest BCUT2D eigenvalue weighted by Crippen LogP contribution is 2.22. The number of carbonyl (C=O) groups is 1. The van der Waals surface area contributed by atoms with Crippen LogP contribution in [0.2, 0.25) is 0 Å². The van der Waals surface area contributed by atoms with Crippen molar-refractivity contribution in [2.45, 2.75) is 11.8 Å². The van der Waals surface area contributed by atoms with E-state index in [4.69, 9.17) is 4.42 Å². The highest BCUT2D eigenvalue weighted by molar-refractivity contribution is 9.10. The molecule has 1 heterocycles. The van der Waals surface area contributed by atoms with Gasteiger partial charge in [0.15, 0.2) is 11.5 Å². The molecule has 0 spiro atoms. The Balaban J connectivity index is 1.53. The molecule has 3 aromatic carbocycles. The molecule has 2 N–H and O–H groups in total. The smallest absolute Gasteiger partial charge is 0.261 e. The lowest BCUT2D eigenvalue weighted by atomic mass is 10.2. The number of rotatable bonds is 5. The number of anilines is 2. The van der Waals surface area contributed by atoms with Crippen LogP contribution < -0.4 is 10.0 Å². The van der Waals surface area contributed by atoms with Gasteiger partial charge in [0.05, 0.1) is 4.90 Å². The van der Waals surface area contributed by atoms with Crippen LogP contribution in [0, 0.1) is 6.92 Å². The van der Waals surface area contributed by atoms with Gasteiger partial charge >= 0.3 is 0 Å². The van der Waals surface area contributed by atoms with E-state index in [1.54, 1.807) is 55.5 Å². The summed E-state index contributed by atoms with van der Waals surface area (Å²) in [5.41, 5.74) is 2.42. The number of sulfonamides is 1. The first-order valence-corrected chi connectivity index (χ1v) is 11.1. The fourth-order valence-electron chi connectivity index (χ4n) is 2.88. The molecule has 1 aromatic heterocycles. The lowest BCUT2D eigenvalue weighted by molar-refractivity contribution is 0.102. The van der Waals surface area contributed by atoms with E-state index in [9.17, 15) is 13.2 Å². The second-order valence-electron chi connectivity index (χ2n) is 6.51. The normalized spacial score (nSPS) is 11.4. The molecule has 7 nitrogen and oxygen atoms in total. The number of hydrogen-bond acceptors (Lipinski definition) is 5. The number of aromatic nitrogens is 1. The minimum absolute atomic E-state index is 0.122. The third-order valence-corrected chi connectivity index (χ3v) is 6.18. The van der Waals surface area contributed by atoms with Crippen LogP contribution in [0.5, 0.6) is 0 Å². The molecule has 0 aliphatic carbocycles. The largest absolute Gasteiger partial charge is 0.441 e. The Hall–Kier alpha value is -3.17. The van der Waals surface area contributed by atoms with E-state index >= 15 is 0 Å². The maximum absolute atomic E-state index is 12.6. The molecule has 0 saturated heterocycles. The van der Waals surface area contributed by atoms with E-state index in [1.165, 1.54) is 18.2 Å². The first kappa shape index (κ1) is 20.1. The molecule has 4 aromatic rings. The van der Waals surface area contributed by atoms with E-state index in [0.29, 0.717) is 28.2 Å². The van der Waals surface area contributed by atoms with Gasteiger partial charge in [-0.3, -0.25) is 9.52 Å². The first-order valence-electron chi connectivity index (χ1n) is 8.87. The molecular formula is C21H16BrN3O4S. The van der Waals surface area contributed by atoms with Crippen LogP contribution in [0.3, 0.4) is 0 Å². The van der Waals surface area contributed by atoms with Gasteiger partial charge in [-0.05, 0) is 60.7 Å². The molecule has 0 aliphatic heterocycles. The van der Waals surface area contributed by atoms with Crippen LogP contribution in [0.4, 0.5) is 11.4 Å². The second-order valence-corrected chi connectivity index (χ2v) is 9.11. The maximum Gasteiger partial charge on any atom is 0.261 e. The number of carbonyl (C=O) groups excluding carboxylic acids is 1. The van der Waals surface area contributed by atoms with Crippen molar-refractivity contribution in [3.63, 3.8) is 0 Å². The fraction of sp³-hybridized carbons (Fsp3) is 0.0476. The third-order valence-electron chi connectivity index (χ3n) is 4.25. The molecule has 0 unspecified atom stereocenters. The number of fused-ring (bicyclic) bond motifs is 1. The Morgan fingerprint density at radius 3 is 2.53 bits per heavy atom. The molecule has 0 bridgehead atoms. The molecule has 152 valence electrons. The van der Waals surface area contributed by atoms with Crippen molar-refractivity contribution in [1.29, 1.82) is 0 Å². The molecule has 1 amide bonds. The van der Waals surface area contributed by atoms with Crippen LogP contribution >= 0.6 is 15.9 Å². The molecule has 0 radical (unpaired) electrons. The monoisotopic (exact) mass is 485 g/mol. The number of nitrogens with zero attached hydrogens (tertiary/aromatic N) is 1.